The summed E-state index contributed by atoms with van der Waals surface area (Å²) in [6.45, 7) is -0.0190. The number of ether oxygens (including phenoxy) is 2. The van der Waals surface area contributed by atoms with Crippen molar-refractivity contribution in [1.29, 1.82) is 0 Å². The number of nitrogens with one attached hydrogen (secondary N) is 1. The number of benzene rings is 1. The van der Waals surface area contributed by atoms with Crippen molar-refractivity contribution in [2.75, 3.05) is 7.11 Å². The van der Waals surface area contributed by atoms with Crippen LogP contribution in [0.25, 0.3) is 0 Å². The maximum absolute atomic E-state index is 11.6. The minimum atomic E-state index is -4.98. The molecular weight excluding hydrogens is 355 g/mol. The first-order valence-corrected chi connectivity index (χ1v) is 7.50. The molecule has 1 fully saturated rings. The predicted octanol–water partition coefficient (Wildman–Crippen LogP) is -3.44. The van der Waals surface area contributed by atoms with Crippen LogP contribution in [0.5, 0.6) is 0 Å². The molecule has 0 aliphatic carbocycles. The van der Waals surface area contributed by atoms with E-state index in [0.717, 1.165) is 12.7 Å². The number of alkyl carbamates (subject to hydrolysis) is 1. The Bertz CT molecular complexity index is 667. The number of β-lactam (4-membered cyclic amide) rings is 1. The average Bonchev–Trinajstić information content (AvgIpc) is 2.47. The van der Waals surface area contributed by atoms with Crippen molar-refractivity contribution in [2.24, 2.45) is 0 Å². The molecule has 0 radical (unpaired) electrons. The van der Waals surface area contributed by atoms with Crippen molar-refractivity contribution in [3.05, 3.63) is 35.9 Å². The van der Waals surface area contributed by atoms with Crippen LogP contribution < -0.4 is 56.7 Å². The molecule has 0 bridgehead atoms. The molecule has 2 rings (SSSR count). The van der Waals surface area contributed by atoms with Gasteiger partial charge in [-0.2, -0.15) is 0 Å². The van der Waals surface area contributed by atoms with Crippen molar-refractivity contribution < 1.29 is 83.4 Å². The van der Waals surface area contributed by atoms with Crippen LogP contribution in [0.3, 0.4) is 0 Å². The molecule has 2 atom stereocenters. The molecule has 120 valence electrons. The topological polar surface area (TPSA) is 125 Å². The van der Waals surface area contributed by atoms with Gasteiger partial charge in [-0.15, -0.1) is 0 Å². The van der Waals surface area contributed by atoms with Crippen molar-refractivity contribution >= 4 is 22.3 Å². The summed E-state index contributed by atoms with van der Waals surface area (Å²) in [4.78, 5) is 23.2. The van der Waals surface area contributed by atoms with E-state index in [2.05, 4.69) is 5.32 Å². The predicted molar refractivity (Wildman–Crippen MR) is 70.9 cm³/mol. The molecule has 1 aromatic carbocycles. The summed E-state index contributed by atoms with van der Waals surface area (Å²) in [6, 6.07) is 7.54. The van der Waals surface area contributed by atoms with E-state index in [4.69, 9.17) is 9.47 Å². The second-order valence-corrected chi connectivity index (χ2v) is 5.65. The van der Waals surface area contributed by atoms with Crippen LogP contribution in [0.1, 0.15) is 5.56 Å². The van der Waals surface area contributed by atoms with E-state index in [1.165, 1.54) is 0 Å². The smallest absolute Gasteiger partial charge is 0.731 e. The summed E-state index contributed by atoms with van der Waals surface area (Å²) >= 11 is 0. The fourth-order valence-corrected chi connectivity index (χ4v) is 2.73. The molecule has 1 aromatic rings. The molecule has 0 saturated carbocycles. The molecule has 1 aliphatic heterocycles. The minimum Gasteiger partial charge on any atom is -0.731 e. The van der Waals surface area contributed by atoms with E-state index in [9.17, 15) is 22.6 Å². The molecule has 11 heteroatoms. The molecule has 23 heavy (non-hydrogen) atoms. The Morgan fingerprint density at radius 3 is 2.48 bits per heavy atom. The SMILES string of the molecule is CO[C@H]1[C@H](NC(=O)OCc2ccccc2)C(=O)N1S(=O)(=O)[O-].[K+]. The summed E-state index contributed by atoms with van der Waals surface area (Å²) in [5, 5.41) is 2.16. The number of hydrogen-bond donors (Lipinski definition) is 1. The Labute approximate surface area is 175 Å². The van der Waals surface area contributed by atoms with Gasteiger partial charge in [-0.1, -0.05) is 30.3 Å². The fraction of sp³-hybridized carbons (Fsp3) is 0.333. The van der Waals surface area contributed by atoms with Crippen molar-refractivity contribution in [2.45, 2.75) is 18.9 Å². The molecule has 1 heterocycles. The van der Waals surface area contributed by atoms with Crippen LogP contribution in [0.2, 0.25) is 0 Å². The van der Waals surface area contributed by atoms with Gasteiger partial charge in [0.25, 0.3) is 5.91 Å². The Kier molecular flexibility index (Phi) is 7.61. The zero-order valence-electron chi connectivity index (χ0n) is 12.5. The number of hydrogen-bond acceptors (Lipinski definition) is 7. The third-order valence-electron chi connectivity index (χ3n) is 2.97. The second-order valence-electron chi connectivity index (χ2n) is 4.40. The molecule has 2 amide bonds. The molecule has 0 aromatic heterocycles. The van der Waals surface area contributed by atoms with Gasteiger partial charge < -0.3 is 19.3 Å². The Hall–Kier alpha value is -0.534. The number of methoxy groups -OCH3 is 1. The molecule has 1 aliphatic rings. The van der Waals surface area contributed by atoms with Crippen LogP contribution in [-0.4, -0.2) is 48.7 Å². The van der Waals surface area contributed by atoms with Crippen molar-refractivity contribution in [3.8, 4) is 0 Å². The van der Waals surface area contributed by atoms with Gasteiger partial charge in [0.2, 0.25) is 0 Å². The van der Waals surface area contributed by atoms with E-state index in [1.807, 2.05) is 0 Å². The molecule has 1 N–H and O–H groups in total. The van der Waals surface area contributed by atoms with E-state index >= 15 is 0 Å². The first kappa shape index (κ1) is 20.5. The molecule has 1 saturated heterocycles. The molecular formula is C12H13KN2O7S. The van der Waals surface area contributed by atoms with Gasteiger partial charge in [-0.25, -0.2) is 17.5 Å². The van der Waals surface area contributed by atoms with Crippen LogP contribution >= 0.6 is 0 Å². The number of nitrogens with zero attached hydrogens (tertiary/aromatic N) is 1. The number of carbonyl (C=O) groups excluding carboxylic acids is 2. The first-order chi connectivity index (χ1) is 10.3. The quantitative estimate of drug-likeness (QED) is 0.326. The third kappa shape index (κ3) is 4.97. The maximum atomic E-state index is 11.6. The van der Waals surface area contributed by atoms with E-state index < -0.39 is 34.6 Å². The zero-order valence-corrected chi connectivity index (χ0v) is 16.4. The minimum absolute atomic E-state index is 0. The summed E-state index contributed by atoms with van der Waals surface area (Å²) in [5.74, 6) is -1.07. The van der Waals surface area contributed by atoms with Gasteiger partial charge in [0, 0.05) is 7.11 Å². The Morgan fingerprint density at radius 2 is 1.96 bits per heavy atom. The van der Waals surface area contributed by atoms with Gasteiger partial charge in [-0.05, 0) is 5.56 Å². The third-order valence-corrected chi connectivity index (χ3v) is 3.84. The summed E-state index contributed by atoms with van der Waals surface area (Å²) in [7, 11) is -3.87. The maximum Gasteiger partial charge on any atom is 1.00 e. The molecule has 9 nitrogen and oxygen atoms in total. The summed E-state index contributed by atoms with van der Waals surface area (Å²) in [5.41, 5.74) is 0.740. The van der Waals surface area contributed by atoms with E-state index in [1.54, 1.807) is 30.3 Å². The molecule has 0 unspecified atom stereocenters. The van der Waals surface area contributed by atoms with Gasteiger partial charge in [0.15, 0.2) is 22.6 Å². The van der Waals surface area contributed by atoms with Gasteiger partial charge >= 0.3 is 57.5 Å². The van der Waals surface area contributed by atoms with E-state index in [0.29, 0.717) is 0 Å². The average molecular weight is 368 g/mol. The Balaban J connectivity index is 0.00000264. The van der Waals surface area contributed by atoms with Crippen LogP contribution in [0.4, 0.5) is 4.79 Å². The van der Waals surface area contributed by atoms with Crippen molar-refractivity contribution in [3.63, 3.8) is 0 Å². The van der Waals surface area contributed by atoms with Gasteiger partial charge in [-0.3, -0.25) is 4.79 Å². The van der Waals surface area contributed by atoms with Crippen molar-refractivity contribution in [1.82, 2.24) is 9.62 Å². The van der Waals surface area contributed by atoms with Gasteiger partial charge in [0.1, 0.15) is 6.61 Å². The van der Waals surface area contributed by atoms with E-state index in [-0.39, 0.29) is 62.3 Å². The zero-order chi connectivity index (χ0) is 16.3. The molecule has 0 spiro atoms. The fourth-order valence-electron chi connectivity index (χ4n) is 1.93. The number of carbonyl (C=O) groups is 2. The summed E-state index contributed by atoms with van der Waals surface area (Å²) < 4.78 is 42.2. The monoisotopic (exact) mass is 368 g/mol. The largest absolute Gasteiger partial charge is 1.00 e. The number of rotatable bonds is 5. The normalized spacial score (nSPS) is 20.3. The Morgan fingerprint density at radius 1 is 1.35 bits per heavy atom. The van der Waals surface area contributed by atoms with Gasteiger partial charge in [0.05, 0.1) is 0 Å². The standard InChI is InChI=1S/C12H14N2O7S.K/c1-20-11-9(10(15)14(11)22(17,18)19)13-12(16)21-7-8-5-3-2-4-6-8;/h2-6,9,11H,7H2,1H3,(H,13,16)(H,17,18,19);/q;+1/p-1/t9-,11+;/m1./s1. The second kappa shape index (κ2) is 8.53. The first-order valence-electron chi connectivity index (χ1n) is 6.13. The number of amides is 2. The van der Waals surface area contributed by atoms with Crippen LogP contribution in [-0.2, 0) is 31.2 Å². The van der Waals surface area contributed by atoms with Crippen LogP contribution in [0, 0.1) is 0 Å². The summed E-state index contributed by atoms with van der Waals surface area (Å²) in [6.07, 6.45) is -2.30. The van der Waals surface area contributed by atoms with Crippen LogP contribution in [0.15, 0.2) is 30.3 Å².